The summed E-state index contributed by atoms with van der Waals surface area (Å²) in [6.45, 7) is 0. The molecule has 0 saturated heterocycles. The summed E-state index contributed by atoms with van der Waals surface area (Å²) in [5.41, 5.74) is 2.36. The molecule has 0 unspecified atom stereocenters. The van der Waals surface area contributed by atoms with Crippen LogP contribution in [0, 0.1) is 0 Å². The molecule has 0 radical (unpaired) electrons. The fourth-order valence-electron chi connectivity index (χ4n) is 4.12. The predicted molar refractivity (Wildman–Crippen MR) is 136 cm³/mol. The normalized spacial score (nSPS) is 10.4. The maximum absolute atomic E-state index is 6.04. The van der Waals surface area contributed by atoms with Gasteiger partial charge in [0.05, 0.1) is 86.2 Å². The Morgan fingerprint density at radius 3 is 0.806 bits per heavy atom. The highest BCUT2D eigenvalue weighted by atomic mass is 16.5. The molecule has 0 N–H and O–H groups in total. The number of hydrogen-bond acceptors (Lipinski definition) is 9. The average Bonchev–Trinajstić information content (AvgIpc) is 2.94. The second-order valence-corrected chi connectivity index (χ2v) is 7.38. The van der Waals surface area contributed by atoms with Crippen molar-refractivity contribution in [2.45, 2.75) is 0 Å². The average molecular weight is 501 g/mol. The topological polar surface area (TPSA) is 83.1 Å². The summed E-state index contributed by atoms with van der Waals surface area (Å²) in [5, 5.41) is 0. The molecule has 3 rings (SSSR count). The molecule has 0 saturated carbocycles. The smallest absolute Gasteiger partial charge is 0.142 e. The molecule has 0 aliphatic heterocycles. The molecule has 0 spiro atoms. The molecule has 0 bridgehead atoms. The Morgan fingerprint density at radius 2 is 0.583 bits per heavy atom. The number of methoxy groups -OCH3 is 9. The second kappa shape index (κ2) is 11.5. The van der Waals surface area contributed by atoms with E-state index in [-0.39, 0.29) is 0 Å². The van der Waals surface area contributed by atoms with Gasteiger partial charge in [0, 0.05) is 30.3 Å². The van der Waals surface area contributed by atoms with Crippen LogP contribution >= 0.6 is 0 Å². The first-order chi connectivity index (χ1) is 17.5. The van der Waals surface area contributed by atoms with Gasteiger partial charge in [0.2, 0.25) is 0 Å². The first-order valence-corrected chi connectivity index (χ1v) is 10.9. The van der Waals surface area contributed by atoms with E-state index in [1.807, 2.05) is 0 Å². The van der Waals surface area contributed by atoms with Crippen molar-refractivity contribution in [2.75, 3.05) is 64.0 Å². The number of benzene rings is 3. The largest absolute Gasteiger partial charge is 0.496 e. The zero-order valence-corrected chi connectivity index (χ0v) is 22.1. The highest BCUT2D eigenvalue weighted by molar-refractivity contribution is 5.97. The molecule has 0 aliphatic carbocycles. The van der Waals surface area contributed by atoms with Crippen molar-refractivity contribution in [1.82, 2.24) is 0 Å². The lowest BCUT2D eigenvalue weighted by atomic mass is 9.92. The molecule has 0 aliphatic rings. The SMILES string of the molecule is COc1cc(OC)c(-c2c(OC)cc(OC)c(-c3c(OC)cc(OC)cc3OC)c2OC)c(OC)c1. The number of rotatable bonds is 11. The molecule has 0 atom stereocenters. The Labute approximate surface area is 211 Å². The van der Waals surface area contributed by atoms with E-state index in [2.05, 4.69) is 0 Å². The summed E-state index contributed by atoms with van der Waals surface area (Å²) < 4.78 is 51.4. The monoisotopic (exact) mass is 500 g/mol. The lowest BCUT2D eigenvalue weighted by molar-refractivity contribution is 0.366. The van der Waals surface area contributed by atoms with Gasteiger partial charge in [-0.15, -0.1) is 0 Å². The maximum Gasteiger partial charge on any atom is 0.142 e. The fraction of sp³-hybridized carbons (Fsp3) is 0.333. The summed E-state index contributed by atoms with van der Waals surface area (Å²) >= 11 is 0. The molecule has 9 heteroatoms. The third-order valence-corrected chi connectivity index (χ3v) is 5.78. The quantitative estimate of drug-likeness (QED) is 0.357. The molecule has 0 amide bonds. The zero-order valence-electron chi connectivity index (χ0n) is 22.1. The Morgan fingerprint density at radius 1 is 0.306 bits per heavy atom. The first kappa shape index (κ1) is 26.5. The summed E-state index contributed by atoms with van der Waals surface area (Å²) in [6.07, 6.45) is 0. The molecule has 3 aromatic rings. The van der Waals surface area contributed by atoms with E-state index in [9.17, 15) is 0 Å². The third kappa shape index (κ3) is 4.56. The first-order valence-electron chi connectivity index (χ1n) is 10.9. The van der Waals surface area contributed by atoms with Crippen LogP contribution in [0.25, 0.3) is 22.3 Å². The highest BCUT2D eigenvalue weighted by Gasteiger charge is 2.31. The van der Waals surface area contributed by atoms with Crippen LogP contribution in [0.15, 0.2) is 30.3 Å². The summed E-state index contributed by atoms with van der Waals surface area (Å²) in [4.78, 5) is 0. The van der Waals surface area contributed by atoms with Gasteiger partial charge in [-0.05, 0) is 0 Å². The van der Waals surface area contributed by atoms with Gasteiger partial charge >= 0.3 is 0 Å². The van der Waals surface area contributed by atoms with Crippen molar-refractivity contribution in [3.8, 4) is 74.0 Å². The third-order valence-electron chi connectivity index (χ3n) is 5.78. The Balaban J connectivity index is 2.56. The minimum absolute atomic E-state index is 0.426. The van der Waals surface area contributed by atoms with Gasteiger partial charge < -0.3 is 42.6 Å². The predicted octanol–water partition coefficient (Wildman–Crippen LogP) is 5.10. The van der Waals surface area contributed by atoms with Gasteiger partial charge in [0.1, 0.15) is 51.7 Å². The van der Waals surface area contributed by atoms with E-state index in [4.69, 9.17) is 42.6 Å². The van der Waals surface area contributed by atoms with E-state index in [1.165, 1.54) is 0 Å². The molecule has 3 aromatic carbocycles. The van der Waals surface area contributed by atoms with Crippen molar-refractivity contribution in [3.05, 3.63) is 30.3 Å². The van der Waals surface area contributed by atoms with Crippen molar-refractivity contribution in [3.63, 3.8) is 0 Å². The second-order valence-electron chi connectivity index (χ2n) is 7.38. The van der Waals surface area contributed by atoms with Crippen molar-refractivity contribution in [1.29, 1.82) is 0 Å². The summed E-state index contributed by atoms with van der Waals surface area (Å²) in [6, 6.07) is 8.80. The summed E-state index contributed by atoms with van der Waals surface area (Å²) in [5.74, 6) is 4.48. The lowest BCUT2D eigenvalue weighted by Crippen LogP contribution is -2.04. The van der Waals surface area contributed by atoms with Crippen molar-refractivity contribution >= 4 is 0 Å². The van der Waals surface area contributed by atoms with Gasteiger partial charge in [-0.3, -0.25) is 0 Å². The molecule has 9 nitrogen and oxygen atoms in total. The molecule has 194 valence electrons. The minimum Gasteiger partial charge on any atom is -0.496 e. The van der Waals surface area contributed by atoms with Crippen molar-refractivity contribution in [2.24, 2.45) is 0 Å². The zero-order chi connectivity index (χ0) is 26.4. The summed E-state index contributed by atoms with van der Waals surface area (Å²) in [7, 11) is 14.1. The van der Waals surface area contributed by atoms with Crippen LogP contribution in [0.1, 0.15) is 0 Å². The van der Waals surface area contributed by atoms with Crippen LogP contribution < -0.4 is 42.6 Å². The van der Waals surface area contributed by atoms with E-state index >= 15 is 0 Å². The van der Waals surface area contributed by atoms with E-state index < -0.39 is 0 Å². The molecule has 0 heterocycles. The van der Waals surface area contributed by atoms with Gasteiger partial charge in [-0.25, -0.2) is 0 Å². The fourth-order valence-corrected chi connectivity index (χ4v) is 4.12. The van der Waals surface area contributed by atoms with E-state index in [0.717, 1.165) is 0 Å². The number of ether oxygens (including phenoxy) is 9. The van der Waals surface area contributed by atoms with Crippen LogP contribution in [0.4, 0.5) is 0 Å². The lowest BCUT2D eigenvalue weighted by Gasteiger charge is -2.24. The van der Waals surface area contributed by atoms with Crippen molar-refractivity contribution < 1.29 is 42.6 Å². The minimum atomic E-state index is 0.426. The molecular formula is C27H32O9. The Kier molecular flexibility index (Phi) is 8.47. The van der Waals surface area contributed by atoms with Gasteiger partial charge in [0.25, 0.3) is 0 Å². The molecule has 0 aromatic heterocycles. The van der Waals surface area contributed by atoms with Gasteiger partial charge in [-0.2, -0.15) is 0 Å². The highest BCUT2D eigenvalue weighted by Crippen LogP contribution is 2.58. The molecule has 0 fully saturated rings. The van der Waals surface area contributed by atoms with Crippen LogP contribution in [-0.4, -0.2) is 64.0 Å². The van der Waals surface area contributed by atoms with Crippen LogP contribution in [0.5, 0.6) is 51.7 Å². The number of hydrogen-bond donors (Lipinski definition) is 0. The Bertz CT molecular complexity index is 1080. The Hall–Kier alpha value is -4.14. The standard InChI is InChI=1S/C27H32O9/c1-28-15-10-17(30-3)23(18(11-15)31-4)25-21(34-7)14-22(35-8)26(27(25)36-9)24-19(32-5)12-16(29-2)13-20(24)33-6/h10-14H,1-9H3. The van der Waals surface area contributed by atoms with Crippen LogP contribution in [0.3, 0.4) is 0 Å². The van der Waals surface area contributed by atoms with Gasteiger partial charge in [-0.1, -0.05) is 0 Å². The van der Waals surface area contributed by atoms with E-state index in [1.54, 1.807) is 94.3 Å². The van der Waals surface area contributed by atoms with Crippen LogP contribution in [-0.2, 0) is 0 Å². The van der Waals surface area contributed by atoms with Gasteiger partial charge in [0.15, 0.2) is 0 Å². The molecule has 36 heavy (non-hydrogen) atoms. The van der Waals surface area contributed by atoms with Crippen LogP contribution in [0.2, 0.25) is 0 Å². The van der Waals surface area contributed by atoms with E-state index in [0.29, 0.717) is 74.0 Å². The molecular weight excluding hydrogens is 468 g/mol. The maximum atomic E-state index is 6.04.